The maximum atomic E-state index is 13.1. The molecule has 0 unspecified atom stereocenters. The number of para-hydroxylation sites is 2. The summed E-state index contributed by atoms with van der Waals surface area (Å²) in [6.07, 6.45) is -3.01. The van der Waals surface area contributed by atoms with Crippen LogP contribution >= 0.6 is 0 Å². The van der Waals surface area contributed by atoms with Gasteiger partial charge in [0.25, 0.3) is 0 Å². The van der Waals surface area contributed by atoms with Crippen LogP contribution in [0.3, 0.4) is 0 Å². The summed E-state index contributed by atoms with van der Waals surface area (Å²) >= 11 is 0. The minimum atomic E-state index is -4.42. The van der Waals surface area contributed by atoms with Crippen LogP contribution in [-0.2, 0) is 15.7 Å². The van der Waals surface area contributed by atoms with Crippen molar-refractivity contribution in [3.05, 3.63) is 72.4 Å². The number of halogens is 3. The van der Waals surface area contributed by atoms with Gasteiger partial charge in [0.1, 0.15) is 12.3 Å². The van der Waals surface area contributed by atoms with Gasteiger partial charge in [-0.1, -0.05) is 30.9 Å². The number of nitriles is 1. The minimum Gasteiger partial charge on any atom is -0.460 e. The van der Waals surface area contributed by atoms with E-state index in [1.807, 2.05) is 21.9 Å². The number of alkyl halides is 3. The second-order valence-electron chi connectivity index (χ2n) is 7.92. The fraction of sp³-hybridized carbons (Fsp3) is 0.280. The Labute approximate surface area is 200 Å². The van der Waals surface area contributed by atoms with Gasteiger partial charge in [-0.2, -0.15) is 18.4 Å². The molecule has 0 saturated carbocycles. The number of rotatable bonds is 6. The van der Waals surface area contributed by atoms with Gasteiger partial charge in [-0.05, 0) is 30.3 Å². The lowest BCUT2D eigenvalue weighted by molar-refractivity contribution is -0.143. The molecule has 0 N–H and O–H groups in total. The fourth-order valence-corrected chi connectivity index (χ4v) is 3.94. The Bertz CT molecular complexity index is 1280. The highest BCUT2D eigenvalue weighted by Crippen LogP contribution is 2.33. The lowest BCUT2D eigenvalue weighted by Crippen LogP contribution is -2.47. The van der Waals surface area contributed by atoms with E-state index in [1.54, 1.807) is 24.3 Å². The number of carbonyl (C=O) groups is 1. The Hall–Kier alpha value is -4.13. The Morgan fingerprint density at radius 3 is 2.37 bits per heavy atom. The minimum absolute atomic E-state index is 0.0387. The van der Waals surface area contributed by atoms with Gasteiger partial charge in [0.05, 0.1) is 22.7 Å². The predicted octanol–water partition coefficient (Wildman–Crippen LogP) is 4.31. The molecule has 1 fully saturated rings. The van der Waals surface area contributed by atoms with Crippen LogP contribution in [0.15, 0.2) is 61.2 Å². The molecule has 1 atom stereocenters. The Kier molecular flexibility index (Phi) is 6.87. The first-order valence-electron chi connectivity index (χ1n) is 10.9. The van der Waals surface area contributed by atoms with Crippen molar-refractivity contribution in [1.82, 2.24) is 9.97 Å². The zero-order valence-electron chi connectivity index (χ0n) is 18.7. The molecule has 0 amide bonds. The highest BCUT2D eigenvalue weighted by Gasteiger charge is 2.33. The molecule has 2 heterocycles. The highest BCUT2D eigenvalue weighted by atomic mass is 19.4. The van der Waals surface area contributed by atoms with Crippen molar-refractivity contribution >= 4 is 28.5 Å². The van der Waals surface area contributed by atoms with E-state index in [-0.39, 0.29) is 12.3 Å². The molecule has 7 nitrogen and oxygen atoms in total. The molecule has 0 spiro atoms. The summed E-state index contributed by atoms with van der Waals surface area (Å²) in [5.41, 5.74) is 1.10. The number of hydrogen-bond donors (Lipinski definition) is 0. The van der Waals surface area contributed by atoms with Crippen LogP contribution in [0.2, 0.25) is 0 Å². The van der Waals surface area contributed by atoms with E-state index >= 15 is 0 Å². The number of ether oxygens (including phenoxy) is 1. The van der Waals surface area contributed by atoms with E-state index in [0.29, 0.717) is 48.7 Å². The first-order valence-corrected chi connectivity index (χ1v) is 10.9. The summed E-state index contributed by atoms with van der Waals surface area (Å²) in [6, 6.07) is 14.3. The van der Waals surface area contributed by atoms with Crippen LogP contribution in [0.25, 0.3) is 11.0 Å². The van der Waals surface area contributed by atoms with Gasteiger partial charge in [-0.25, -0.2) is 9.97 Å². The summed E-state index contributed by atoms with van der Waals surface area (Å²) in [5.74, 6) is -1.65. The summed E-state index contributed by atoms with van der Waals surface area (Å²) in [5, 5.41) is 9.76. The number of fused-ring (bicyclic) bond motifs is 1. The lowest BCUT2D eigenvalue weighted by atomic mass is 10.1. The van der Waals surface area contributed by atoms with Gasteiger partial charge >= 0.3 is 12.1 Å². The van der Waals surface area contributed by atoms with Crippen LogP contribution < -0.4 is 9.80 Å². The largest absolute Gasteiger partial charge is 0.460 e. The summed E-state index contributed by atoms with van der Waals surface area (Å²) in [4.78, 5) is 25.6. The first-order chi connectivity index (χ1) is 16.8. The molecular weight excluding hydrogens is 459 g/mol. The molecule has 1 saturated heterocycles. The van der Waals surface area contributed by atoms with E-state index in [1.165, 1.54) is 12.1 Å². The molecule has 2 aromatic carbocycles. The molecule has 1 aliphatic rings. The molecule has 1 aliphatic heterocycles. The zero-order chi connectivity index (χ0) is 25.0. The topological polar surface area (TPSA) is 82.3 Å². The third-order valence-corrected chi connectivity index (χ3v) is 5.68. The maximum absolute atomic E-state index is 13.1. The molecule has 180 valence electrons. The number of benzene rings is 2. The molecule has 35 heavy (non-hydrogen) atoms. The van der Waals surface area contributed by atoms with Crippen molar-refractivity contribution in [3.63, 3.8) is 0 Å². The van der Waals surface area contributed by atoms with E-state index in [2.05, 4.69) is 11.6 Å². The lowest BCUT2D eigenvalue weighted by Gasteiger charge is -2.37. The monoisotopic (exact) mass is 481 g/mol. The fourth-order valence-electron chi connectivity index (χ4n) is 3.94. The SMILES string of the molecule is C=CCOC(=O)[C@@H](C#N)c1nc2ccccc2nc1N1CCN(c2cccc(C(F)(F)F)c2)CC1. The summed E-state index contributed by atoms with van der Waals surface area (Å²) in [6.45, 7) is 5.14. The van der Waals surface area contributed by atoms with Crippen molar-refractivity contribution in [2.75, 3.05) is 42.6 Å². The van der Waals surface area contributed by atoms with Gasteiger partial charge in [0.2, 0.25) is 0 Å². The van der Waals surface area contributed by atoms with Crippen LogP contribution in [0.5, 0.6) is 0 Å². The number of nitrogens with zero attached hydrogens (tertiary/aromatic N) is 5. The van der Waals surface area contributed by atoms with Gasteiger partial charge in [-0.3, -0.25) is 4.79 Å². The molecule has 0 bridgehead atoms. The molecule has 4 rings (SSSR count). The average molecular weight is 481 g/mol. The predicted molar refractivity (Wildman–Crippen MR) is 125 cm³/mol. The molecule has 3 aromatic rings. The molecular formula is C25H22F3N5O2. The number of carbonyl (C=O) groups excluding carboxylic acids is 1. The molecule has 0 aliphatic carbocycles. The second kappa shape index (κ2) is 10.0. The van der Waals surface area contributed by atoms with Crippen LogP contribution in [0, 0.1) is 11.3 Å². The van der Waals surface area contributed by atoms with Crippen LogP contribution in [0.4, 0.5) is 24.7 Å². The van der Waals surface area contributed by atoms with E-state index in [0.717, 1.165) is 12.1 Å². The summed E-state index contributed by atoms with van der Waals surface area (Å²) < 4.78 is 44.5. The number of anilines is 2. The third kappa shape index (κ3) is 5.19. The van der Waals surface area contributed by atoms with E-state index in [9.17, 15) is 23.2 Å². The van der Waals surface area contributed by atoms with Crippen molar-refractivity contribution in [2.24, 2.45) is 0 Å². The van der Waals surface area contributed by atoms with Gasteiger partial charge in [0, 0.05) is 31.9 Å². The van der Waals surface area contributed by atoms with Crippen molar-refractivity contribution in [3.8, 4) is 6.07 Å². The van der Waals surface area contributed by atoms with Crippen LogP contribution in [0.1, 0.15) is 17.2 Å². The zero-order valence-corrected chi connectivity index (χ0v) is 18.7. The normalized spacial score (nSPS) is 14.9. The van der Waals surface area contributed by atoms with E-state index in [4.69, 9.17) is 9.72 Å². The van der Waals surface area contributed by atoms with Crippen molar-refractivity contribution in [2.45, 2.75) is 12.1 Å². The number of piperazine rings is 1. The Morgan fingerprint density at radius 1 is 1.09 bits per heavy atom. The van der Waals surface area contributed by atoms with E-state index < -0.39 is 23.6 Å². The standard InChI is InChI=1S/C25H22F3N5O2/c1-2-14-35-24(34)19(16-29)22-23(31-21-9-4-3-8-20(21)30-22)33-12-10-32(11-13-33)18-7-5-6-17(15-18)25(26,27)28/h2-9,15,19H,1,10-14H2/t19-/m0/s1. The number of hydrogen-bond acceptors (Lipinski definition) is 7. The second-order valence-corrected chi connectivity index (χ2v) is 7.92. The molecule has 1 aromatic heterocycles. The highest BCUT2D eigenvalue weighted by molar-refractivity contribution is 5.85. The smallest absolute Gasteiger partial charge is 0.416 e. The van der Waals surface area contributed by atoms with Crippen LogP contribution in [-0.4, -0.2) is 48.7 Å². The Morgan fingerprint density at radius 2 is 1.74 bits per heavy atom. The third-order valence-electron chi connectivity index (χ3n) is 5.68. The average Bonchev–Trinajstić information content (AvgIpc) is 2.87. The van der Waals surface area contributed by atoms with Gasteiger partial charge < -0.3 is 14.5 Å². The maximum Gasteiger partial charge on any atom is 0.416 e. The number of esters is 1. The molecule has 10 heteroatoms. The summed E-state index contributed by atoms with van der Waals surface area (Å²) in [7, 11) is 0. The van der Waals surface area contributed by atoms with Crippen molar-refractivity contribution < 1.29 is 22.7 Å². The quantitative estimate of drug-likeness (QED) is 0.383. The van der Waals surface area contributed by atoms with Crippen molar-refractivity contribution in [1.29, 1.82) is 5.26 Å². The van der Waals surface area contributed by atoms with Gasteiger partial charge in [-0.15, -0.1) is 0 Å². The van der Waals surface area contributed by atoms with Gasteiger partial charge in [0.15, 0.2) is 11.7 Å². The molecule has 0 radical (unpaired) electrons. The first kappa shape index (κ1) is 24.0. The Balaban J connectivity index is 1.63. The number of aromatic nitrogens is 2.